The smallest absolute Gasteiger partial charge is 0.303 e. The molecule has 0 aromatic rings. The molecule has 0 amide bonds. The molecule has 10 heteroatoms. The largest absolute Gasteiger partial charge is 0.463 e. The van der Waals surface area contributed by atoms with Crippen molar-refractivity contribution < 1.29 is 42.9 Å². The number of carbonyl (C=O) groups is 4. The summed E-state index contributed by atoms with van der Waals surface area (Å²) >= 11 is 6.05. The molecule has 5 atom stereocenters. The van der Waals surface area contributed by atoms with Crippen molar-refractivity contribution >= 4 is 35.5 Å². The number of hydrogen-bond acceptors (Lipinski definition) is 9. The van der Waals surface area contributed by atoms with Gasteiger partial charge in [-0.3, -0.25) is 19.2 Å². The molecule has 1 saturated heterocycles. The maximum atomic E-state index is 11.4. The van der Waals surface area contributed by atoms with Crippen LogP contribution in [0.4, 0.5) is 0 Å². The van der Waals surface area contributed by atoms with Gasteiger partial charge in [0.25, 0.3) is 0 Å². The van der Waals surface area contributed by atoms with Crippen molar-refractivity contribution in [2.24, 2.45) is 0 Å². The molecule has 1 rings (SSSR count). The minimum atomic E-state index is -1.22. The Labute approximate surface area is 143 Å². The minimum Gasteiger partial charge on any atom is -0.463 e. The van der Waals surface area contributed by atoms with Crippen molar-refractivity contribution in [1.82, 2.24) is 0 Å². The predicted octanol–water partition coefficient (Wildman–Crippen LogP) is 0.308. The molecule has 0 N–H and O–H groups in total. The number of halogens is 1. The van der Waals surface area contributed by atoms with Gasteiger partial charge in [0.2, 0.25) is 0 Å². The third-order valence-corrected chi connectivity index (χ3v) is 3.29. The van der Waals surface area contributed by atoms with Crippen molar-refractivity contribution in [3.63, 3.8) is 0 Å². The Morgan fingerprint density at radius 1 is 0.792 bits per heavy atom. The number of hydrogen-bond donors (Lipinski definition) is 0. The summed E-state index contributed by atoms with van der Waals surface area (Å²) in [6, 6.07) is 0. The monoisotopic (exact) mass is 366 g/mol. The third-order valence-electron chi connectivity index (χ3n) is 2.93. The van der Waals surface area contributed by atoms with Gasteiger partial charge in [0, 0.05) is 27.7 Å². The summed E-state index contributed by atoms with van der Waals surface area (Å²) in [7, 11) is 0. The highest BCUT2D eigenvalue weighted by Crippen LogP contribution is 2.30. The maximum Gasteiger partial charge on any atom is 0.303 e. The Morgan fingerprint density at radius 3 is 1.71 bits per heavy atom. The highest BCUT2D eigenvalue weighted by Gasteiger charge is 2.51. The standard InChI is InChI=1S/C14H19ClO9/c1-6(16)20-5-10-11(21-7(2)17)12(22-8(3)18)13(14(15)24-10)23-9(4)19/h10-14H,5H2,1-4H3/t10-,11-,12-,13+,14-/m1/s1. The van der Waals surface area contributed by atoms with Gasteiger partial charge in [0.15, 0.2) is 23.9 Å². The molecule has 0 spiro atoms. The van der Waals surface area contributed by atoms with Gasteiger partial charge in [0.1, 0.15) is 12.7 Å². The van der Waals surface area contributed by atoms with E-state index in [0.717, 1.165) is 20.8 Å². The summed E-state index contributed by atoms with van der Waals surface area (Å²) in [6.07, 6.45) is -4.60. The van der Waals surface area contributed by atoms with Gasteiger partial charge in [0.05, 0.1) is 0 Å². The number of carbonyl (C=O) groups excluding carboxylic acids is 4. The Balaban J connectivity index is 3.11. The molecule has 0 unspecified atom stereocenters. The van der Waals surface area contributed by atoms with Gasteiger partial charge in [-0.25, -0.2) is 0 Å². The van der Waals surface area contributed by atoms with Crippen LogP contribution >= 0.6 is 11.6 Å². The van der Waals surface area contributed by atoms with Crippen LogP contribution in [-0.2, 0) is 42.9 Å². The van der Waals surface area contributed by atoms with E-state index in [4.69, 9.17) is 35.3 Å². The lowest BCUT2D eigenvalue weighted by atomic mass is 9.99. The van der Waals surface area contributed by atoms with Gasteiger partial charge in [-0.1, -0.05) is 11.6 Å². The van der Waals surface area contributed by atoms with Crippen LogP contribution in [-0.4, -0.2) is 60.5 Å². The van der Waals surface area contributed by atoms with Crippen LogP contribution in [0.3, 0.4) is 0 Å². The molecule has 0 saturated carbocycles. The zero-order valence-electron chi connectivity index (χ0n) is 13.6. The fourth-order valence-electron chi connectivity index (χ4n) is 2.18. The molecule has 24 heavy (non-hydrogen) atoms. The molecule has 0 aromatic heterocycles. The summed E-state index contributed by atoms with van der Waals surface area (Å²) in [5, 5.41) is 0. The highest BCUT2D eigenvalue weighted by molar-refractivity contribution is 6.20. The lowest BCUT2D eigenvalue weighted by Gasteiger charge is -2.42. The SMILES string of the molecule is CC(=O)OC[C@H]1O[C@@H](Cl)[C@@H](OC(C)=O)[C@H](OC(C)=O)[C@@H]1OC(C)=O. The number of esters is 4. The van der Waals surface area contributed by atoms with Crippen LogP contribution in [0.25, 0.3) is 0 Å². The van der Waals surface area contributed by atoms with Crippen LogP contribution in [0.15, 0.2) is 0 Å². The zero-order valence-corrected chi connectivity index (χ0v) is 14.4. The number of ether oxygens (including phenoxy) is 5. The van der Waals surface area contributed by atoms with E-state index in [0.29, 0.717) is 0 Å². The first-order chi connectivity index (χ1) is 11.1. The zero-order chi connectivity index (χ0) is 18.4. The first kappa shape index (κ1) is 20.2. The van der Waals surface area contributed by atoms with Gasteiger partial charge in [-0.2, -0.15) is 0 Å². The third kappa shape index (κ3) is 5.97. The second-order valence-corrected chi connectivity index (χ2v) is 5.48. The predicted molar refractivity (Wildman–Crippen MR) is 77.8 cm³/mol. The molecule has 136 valence electrons. The summed E-state index contributed by atoms with van der Waals surface area (Å²) < 4.78 is 25.6. The molecule has 1 aliphatic rings. The molecule has 0 aromatic carbocycles. The summed E-state index contributed by atoms with van der Waals surface area (Å²) in [6.45, 7) is 4.31. The van der Waals surface area contributed by atoms with E-state index in [1.54, 1.807) is 0 Å². The lowest BCUT2D eigenvalue weighted by Crippen LogP contribution is -2.61. The van der Waals surface area contributed by atoms with Crippen LogP contribution in [0.1, 0.15) is 27.7 Å². The lowest BCUT2D eigenvalue weighted by molar-refractivity contribution is -0.238. The van der Waals surface area contributed by atoms with Crippen molar-refractivity contribution in [2.75, 3.05) is 6.61 Å². The van der Waals surface area contributed by atoms with Crippen LogP contribution in [0, 0.1) is 0 Å². The van der Waals surface area contributed by atoms with Crippen LogP contribution in [0.5, 0.6) is 0 Å². The van der Waals surface area contributed by atoms with Crippen molar-refractivity contribution in [3.8, 4) is 0 Å². The average Bonchev–Trinajstić information content (AvgIpc) is 2.42. The van der Waals surface area contributed by atoms with E-state index in [9.17, 15) is 19.2 Å². The molecular formula is C14H19ClO9. The van der Waals surface area contributed by atoms with Gasteiger partial charge in [-0.05, 0) is 0 Å². The first-order valence-corrected chi connectivity index (χ1v) is 7.50. The van der Waals surface area contributed by atoms with Crippen molar-refractivity contribution in [2.45, 2.75) is 57.7 Å². The summed E-state index contributed by atoms with van der Waals surface area (Å²) in [4.78, 5) is 45.0. The Morgan fingerprint density at radius 2 is 1.25 bits per heavy atom. The summed E-state index contributed by atoms with van der Waals surface area (Å²) in [5.41, 5.74) is -1.20. The highest BCUT2D eigenvalue weighted by atomic mass is 35.5. The quantitative estimate of drug-likeness (QED) is 0.385. The van der Waals surface area contributed by atoms with Gasteiger partial charge < -0.3 is 23.7 Å². The van der Waals surface area contributed by atoms with Crippen LogP contribution < -0.4 is 0 Å². The normalized spacial score (nSPS) is 29.3. The fourth-order valence-corrected chi connectivity index (χ4v) is 2.50. The average molecular weight is 367 g/mol. The number of alkyl halides is 1. The number of rotatable bonds is 5. The van der Waals surface area contributed by atoms with E-state index < -0.39 is 53.9 Å². The second kappa shape index (κ2) is 8.84. The molecule has 1 fully saturated rings. The molecule has 0 bridgehead atoms. The minimum absolute atomic E-state index is 0.291. The topological polar surface area (TPSA) is 114 Å². The van der Waals surface area contributed by atoms with Gasteiger partial charge >= 0.3 is 23.9 Å². The Hall–Kier alpha value is -1.87. The molecule has 9 nitrogen and oxygen atoms in total. The first-order valence-electron chi connectivity index (χ1n) is 7.06. The Kier molecular flexibility index (Phi) is 7.43. The van der Waals surface area contributed by atoms with E-state index in [2.05, 4.69) is 0 Å². The fraction of sp³-hybridized carbons (Fsp3) is 0.714. The van der Waals surface area contributed by atoms with E-state index in [-0.39, 0.29) is 6.61 Å². The van der Waals surface area contributed by atoms with E-state index in [1.165, 1.54) is 6.92 Å². The van der Waals surface area contributed by atoms with Gasteiger partial charge in [-0.15, -0.1) is 0 Å². The van der Waals surface area contributed by atoms with E-state index >= 15 is 0 Å². The van der Waals surface area contributed by atoms with Crippen molar-refractivity contribution in [1.29, 1.82) is 0 Å². The Bertz CT molecular complexity index is 506. The molecule has 0 radical (unpaired) electrons. The molecular weight excluding hydrogens is 348 g/mol. The second-order valence-electron chi connectivity index (χ2n) is 5.05. The molecule has 1 aliphatic heterocycles. The molecule has 0 aliphatic carbocycles. The summed E-state index contributed by atoms with van der Waals surface area (Å²) in [5.74, 6) is -2.67. The molecule has 1 heterocycles. The maximum absolute atomic E-state index is 11.4. The van der Waals surface area contributed by atoms with Crippen LogP contribution in [0.2, 0.25) is 0 Å². The van der Waals surface area contributed by atoms with Crippen molar-refractivity contribution in [3.05, 3.63) is 0 Å². The van der Waals surface area contributed by atoms with E-state index in [1.807, 2.05) is 0 Å².